The first-order valence-electron chi connectivity index (χ1n) is 7.21. The maximum absolute atomic E-state index is 4.73. The van der Waals surface area contributed by atoms with E-state index < -0.39 is 0 Å². The Labute approximate surface area is 125 Å². The Hall–Kier alpha value is -1.19. The van der Waals surface area contributed by atoms with Gasteiger partial charge in [0, 0.05) is 18.4 Å². The van der Waals surface area contributed by atoms with Crippen LogP contribution >= 0.6 is 11.3 Å². The molecule has 0 spiro atoms. The molecule has 1 heterocycles. The predicted octanol–water partition coefficient (Wildman–Crippen LogP) is 4.28. The third-order valence-corrected chi connectivity index (χ3v) is 4.50. The normalized spacial score (nSPS) is 14.6. The van der Waals surface area contributed by atoms with E-state index >= 15 is 0 Å². The lowest BCUT2D eigenvalue weighted by Gasteiger charge is -2.25. The van der Waals surface area contributed by atoms with Crippen molar-refractivity contribution in [1.29, 1.82) is 0 Å². The molecule has 0 aliphatic heterocycles. The van der Waals surface area contributed by atoms with Gasteiger partial charge < -0.3 is 5.32 Å². The van der Waals surface area contributed by atoms with Crippen LogP contribution < -0.4 is 5.32 Å². The van der Waals surface area contributed by atoms with Gasteiger partial charge in [-0.25, -0.2) is 4.98 Å². The fourth-order valence-electron chi connectivity index (χ4n) is 2.19. The lowest BCUT2D eigenvalue weighted by molar-refractivity contribution is 0.377. The van der Waals surface area contributed by atoms with Gasteiger partial charge in [0.05, 0.1) is 15.2 Å². The van der Waals surface area contributed by atoms with Crippen LogP contribution in [0.4, 0.5) is 0 Å². The summed E-state index contributed by atoms with van der Waals surface area (Å²) < 4.78 is 1.27. The molecule has 0 radical (unpaired) electrons. The SMILES string of the molecule is C=CC(C)(CNCC(C)C)Cc1nc2ccccc2s1. The van der Waals surface area contributed by atoms with E-state index in [9.17, 15) is 0 Å². The molecule has 2 aromatic rings. The van der Waals surface area contributed by atoms with Crippen molar-refractivity contribution in [2.75, 3.05) is 13.1 Å². The Bertz CT molecular complexity index is 540. The highest BCUT2D eigenvalue weighted by Gasteiger charge is 2.22. The zero-order valence-corrected chi connectivity index (χ0v) is 13.5. The Morgan fingerprint density at radius 3 is 2.80 bits per heavy atom. The summed E-state index contributed by atoms with van der Waals surface area (Å²) in [6.45, 7) is 12.7. The number of para-hydroxylation sites is 1. The lowest BCUT2D eigenvalue weighted by Crippen LogP contribution is -2.34. The number of nitrogens with one attached hydrogen (secondary N) is 1. The van der Waals surface area contributed by atoms with Gasteiger partial charge in [-0.3, -0.25) is 0 Å². The molecular weight excluding hydrogens is 264 g/mol. The number of hydrogen-bond acceptors (Lipinski definition) is 3. The van der Waals surface area contributed by atoms with Crippen molar-refractivity contribution in [2.45, 2.75) is 27.2 Å². The van der Waals surface area contributed by atoms with E-state index in [4.69, 9.17) is 4.98 Å². The van der Waals surface area contributed by atoms with Crippen LogP contribution in [0.2, 0.25) is 0 Å². The highest BCUT2D eigenvalue weighted by Crippen LogP contribution is 2.29. The Morgan fingerprint density at radius 1 is 1.40 bits per heavy atom. The number of rotatable bonds is 7. The van der Waals surface area contributed by atoms with Crippen molar-refractivity contribution in [3.05, 3.63) is 41.9 Å². The maximum Gasteiger partial charge on any atom is 0.0947 e. The minimum absolute atomic E-state index is 0.0583. The molecule has 1 aromatic heterocycles. The quantitative estimate of drug-likeness (QED) is 0.769. The molecule has 1 atom stereocenters. The van der Waals surface area contributed by atoms with Gasteiger partial charge >= 0.3 is 0 Å². The lowest BCUT2D eigenvalue weighted by atomic mass is 9.87. The molecular formula is C17H24N2S. The number of nitrogens with zero attached hydrogens (tertiary/aromatic N) is 1. The minimum Gasteiger partial charge on any atom is -0.316 e. The van der Waals surface area contributed by atoms with Crippen molar-refractivity contribution >= 4 is 21.6 Å². The predicted molar refractivity (Wildman–Crippen MR) is 89.3 cm³/mol. The summed E-state index contributed by atoms with van der Waals surface area (Å²) >= 11 is 1.79. The van der Waals surface area contributed by atoms with Gasteiger partial charge in [0.25, 0.3) is 0 Å². The van der Waals surface area contributed by atoms with Gasteiger partial charge in [-0.1, -0.05) is 39.0 Å². The van der Waals surface area contributed by atoms with Gasteiger partial charge in [-0.15, -0.1) is 17.9 Å². The van der Waals surface area contributed by atoms with E-state index in [0.29, 0.717) is 5.92 Å². The second-order valence-electron chi connectivity index (χ2n) is 6.14. The highest BCUT2D eigenvalue weighted by atomic mass is 32.1. The summed E-state index contributed by atoms with van der Waals surface area (Å²) in [4.78, 5) is 4.73. The second kappa shape index (κ2) is 6.51. The molecule has 0 fully saturated rings. The first-order chi connectivity index (χ1) is 9.52. The van der Waals surface area contributed by atoms with Gasteiger partial charge in [-0.05, 0) is 24.6 Å². The van der Waals surface area contributed by atoms with Crippen LogP contribution in [0.1, 0.15) is 25.8 Å². The Balaban J connectivity index is 2.06. The standard InChI is InChI=1S/C17H24N2S/c1-5-17(4,12-18-11-13(2)3)10-16-19-14-8-6-7-9-15(14)20-16/h5-9,13,18H,1,10-12H2,2-4H3. The molecule has 2 nitrogen and oxygen atoms in total. The van der Waals surface area contributed by atoms with Crippen LogP contribution in [0.25, 0.3) is 10.2 Å². The van der Waals surface area contributed by atoms with E-state index in [2.05, 4.69) is 56.9 Å². The van der Waals surface area contributed by atoms with Gasteiger partial charge in [0.15, 0.2) is 0 Å². The summed E-state index contributed by atoms with van der Waals surface area (Å²) in [5.74, 6) is 0.673. The van der Waals surface area contributed by atoms with E-state index in [0.717, 1.165) is 25.0 Å². The molecule has 0 amide bonds. The fraction of sp³-hybridized carbons (Fsp3) is 0.471. The zero-order chi connectivity index (χ0) is 14.6. The van der Waals surface area contributed by atoms with Crippen LogP contribution in [0.5, 0.6) is 0 Å². The second-order valence-corrected chi connectivity index (χ2v) is 7.25. The number of thiazole rings is 1. The van der Waals surface area contributed by atoms with Crippen molar-refractivity contribution in [3.63, 3.8) is 0 Å². The van der Waals surface area contributed by atoms with E-state index in [-0.39, 0.29) is 5.41 Å². The molecule has 1 unspecified atom stereocenters. The summed E-state index contributed by atoms with van der Waals surface area (Å²) in [5.41, 5.74) is 1.16. The van der Waals surface area contributed by atoms with Crippen LogP contribution in [-0.4, -0.2) is 18.1 Å². The first kappa shape index (κ1) is 15.2. The van der Waals surface area contributed by atoms with Crippen molar-refractivity contribution in [3.8, 4) is 0 Å². The average molecular weight is 288 g/mol. The molecule has 1 N–H and O–H groups in total. The molecule has 3 heteroatoms. The van der Waals surface area contributed by atoms with Crippen LogP contribution in [0, 0.1) is 11.3 Å². The largest absolute Gasteiger partial charge is 0.316 e. The average Bonchev–Trinajstić information content (AvgIpc) is 2.80. The molecule has 0 saturated heterocycles. The number of benzene rings is 1. The highest BCUT2D eigenvalue weighted by molar-refractivity contribution is 7.18. The third kappa shape index (κ3) is 3.90. The molecule has 0 aliphatic rings. The first-order valence-corrected chi connectivity index (χ1v) is 8.03. The molecule has 20 heavy (non-hydrogen) atoms. The minimum atomic E-state index is 0.0583. The van der Waals surface area contributed by atoms with Crippen molar-refractivity contribution in [2.24, 2.45) is 11.3 Å². The summed E-state index contributed by atoms with van der Waals surface area (Å²) in [6.07, 6.45) is 3.01. The smallest absolute Gasteiger partial charge is 0.0947 e. The van der Waals surface area contributed by atoms with Crippen molar-refractivity contribution < 1.29 is 0 Å². The van der Waals surface area contributed by atoms with Crippen molar-refractivity contribution in [1.82, 2.24) is 10.3 Å². The number of aromatic nitrogens is 1. The topological polar surface area (TPSA) is 24.9 Å². The van der Waals surface area contributed by atoms with E-state index in [1.165, 1.54) is 9.71 Å². The van der Waals surface area contributed by atoms with Gasteiger partial charge in [-0.2, -0.15) is 0 Å². The maximum atomic E-state index is 4.73. The Morgan fingerprint density at radius 2 is 2.15 bits per heavy atom. The third-order valence-electron chi connectivity index (χ3n) is 3.47. The Kier molecular flexibility index (Phi) is 4.95. The van der Waals surface area contributed by atoms with Gasteiger partial charge in [0.2, 0.25) is 0 Å². The van der Waals surface area contributed by atoms with Crippen LogP contribution in [0.15, 0.2) is 36.9 Å². The summed E-state index contributed by atoms with van der Waals surface area (Å²) in [6, 6.07) is 8.33. The van der Waals surface area contributed by atoms with Crippen LogP contribution in [0.3, 0.4) is 0 Å². The number of hydrogen-bond donors (Lipinski definition) is 1. The summed E-state index contributed by atoms with van der Waals surface area (Å²) in [7, 11) is 0. The zero-order valence-electron chi connectivity index (χ0n) is 12.6. The molecule has 0 bridgehead atoms. The fourth-order valence-corrected chi connectivity index (χ4v) is 3.36. The van der Waals surface area contributed by atoms with E-state index in [1.807, 2.05) is 6.07 Å². The molecule has 108 valence electrons. The summed E-state index contributed by atoms with van der Waals surface area (Å²) in [5, 5.41) is 4.73. The molecule has 0 aliphatic carbocycles. The molecule has 0 saturated carbocycles. The number of fused-ring (bicyclic) bond motifs is 1. The molecule has 1 aromatic carbocycles. The van der Waals surface area contributed by atoms with Crippen LogP contribution in [-0.2, 0) is 6.42 Å². The molecule has 2 rings (SSSR count). The van der Waals surface area contributed by atoms with Gasteiger partial charge in [0.1, 0.15) is 0 Å². The van der Waals surface area contributed by atoms with E-state index in [1.54, 1.807) is 11.3 Å². The monoisotopic (exact) mass is 288 g/mol.